The number of aliphatic hydroxyl groups is 1. The molecule has 4 fully saturated rings. The molecular formula is C37H58N6O9S. The number of nitrogens with zero attached hydrogens (tertiary/aromatic N) is 1. The molecular weight excluding hydrogens is 705 g/mol. The molecule has 5 aliphatic rings. The SMILES string of the molecule is CC1C=CC(COC(=O)NCCOCCO)C2C(=O)N(CC3CCC(C(=O)NCCCCNC(=O)CCCC[C@@H]4SC[C@@H]5NC(=O)N[C@@H]54)CC3)C(=O)C12. The number of fused-ring (bicyclic) bond motifs is 2. The van der Waals surface area contributed by atoms with E-state index < -0.39 is 23.8 Å². The van der Waals surface area contributed by atoms with Crippen molar-refractivity contribution in [2.24, 2.45) is 35.5 Å². The van der Waals surface area contributed by atoms with Gasteiger partial charge >= 0.3 is 12.1 Å². The zero-order valence-corrected chi connectivity index (χ0v) is 31.7. The molecule has 0 aromatic heterocycles. The summed E-state index contributed by atoms with van der Waals surface area (Å²) in [7, 11) is 0. The van der Waals surface area contributed by atoms with Crippen molar-refractivity contribution >= 4 is 47.5 Å². The fraction of sp³-hybridized carbons (Fsp3) is 0.784. The van der Waals surface area contributed by atoms with Crippen LogP contribution in [0.25, 0.3) is 0 Å². The van der Waals surface area contributed by atoms with Crippen LogP contribution in [0.1, 0.15) is 71.1 Å². The summed E-state index contributed by atoms with van der Waals surface area (Å²) in [5, 5.41) is 23.7. The summed E-state index contributed by atoms with van der Waals surface area (Å²) in [5.74, 6) is -0.869. The molecule has 0 bridgehead atoms. The van der Waals surface area contributed by atoms with Crippen molar-refractivity contribution in [2.75, 3.05) is 58.4 Å². The van der Waals surface area contributed by atoms with Gasteiger partial charge in [-0.1, -0.05) is 25.5 Å². The number of hydrogen-bond acceptors (Lipinski definition) is 10. The van der Waals surface area contributed by atoms with E-state index in [0.717, 1.165) is 50.7 Å². The number of likely N-dealkylation sites (tertiary alicyclic amines) is 1. The maximum Gasteiger partial charge on any atom is 0.407 e. The summed E-state index contributed by atoms with van der Waals surface area (Å²) in [5.41, 5.74) is 0. The van der Waals surface area contributed by atoms with Gasteiger partial charge in [0.2, 0.25) is 23.6 Å². The smallest absolute Gasteiger partial charge is 0.407 e. The van der Waals surface area contributed by atoms with Crippen molar-refractivity contribution in [3.63, 3.8) is 0 Å². The third kappa shape index (κ3) is 11.3. The maximum absolute atomic E-state index is 13.6. The number of alkyl carbamates (subject to hydrolysis) is 1. The first-order valence-electron chi connectivity index (χ1n) is 19.5. The first kappa shape index (κ1) is 40.8. The van der Waals surface area contributed by atoms with Crippen LogP contribution in [0, 0.1) is 35.5 Å². The van der Waals surface area contributed by atoms with Crippen molar-refractivity contribution in [1.29, 1.82) is 0 Å². The molecule has 7 amide bonds. The molecule has 15 nitrogen and oxygen atoms in total. The minimum absolute atomic E-state index is 0.0151. The van der Waals surface area contributed by atoms with Gasteiger partial charge in [-0.15, -0.1) is 0 Å². The van der Waals surface area contributed by atoms with Crippen LogP contribution >= 0.6 is 11.8 Å². The van der Waals surface area contributed by atoms with Crippen LogP contribution in [0.5, 0.6) is 0 Å². The first-order chi connectivity index (χ1) is 25.7. The molecule has 3 saturated heterocycles. The summed E-state index contributed by atoms with van der Waals surface area (Å²) in [4.78, 5) is 77.4. The fourth-order valence-electron chi connectivity index (χ4n) is 8.35. The zero-order chi connectivity index (χ0) is 37.7. The van der Waals surface area contributed by atoms with Crippen LogP contribution in [-0.4, -0.2) is 121 Å². The maximum atomic E-state index is 13.6. The third-order valence-electron chi connectivity index (χ3n) is 11.3. The molecule has 2 aliphatic carbocycles. The van der Waals surface area contributed by atoms with E-state index in [0.29, 0.717) is 44.1 Å². The van der Waals surface area contributed by atoms with Crippen LogP contribution in [0.2, 0.25) is 0 Å². The Kier molecular flexibility index (Phi) is 15.7. The van der Waals surface area contributed by atoms with Gasteiger partial charge < -0.3 is 41.2 Å². The minimum Gasteiger partial charge on any atom is -0.449 e. The normalized spacial score (nSPS) is 30.3. The monoisotopic (exact) mass is 762 g/mol. The Morgan fingerprint density at radius 1 is 0.906 bits per heavy atom. The van der Waals surface area contributed by atoms with Crippen molar-refractivity contribution in [1.82, 2.24) is 31.5 Å². The average molecular weight is 763 g/mol. The lowest BCUT2D eigenvalue weighted by atomic mass is 9.73. The van der Waals surface area contributed by atoms with Gasteiger partial charge in [-0.05, 0) is 63.2 Å². The van der Waals surface area contributed by atoms with E-state index in [1.165, 1.54) is 4.90 Å². The summed E-state index contributed by atoms with van der Waals surface area (Å²) in [6, 6.07) is 0.348. The Morgan fingerprint density at radius 2 is 1.66 bits per heavy atom. The number of thioether (sulfide) groups is 1. The highest BCUT2D eigenvalue weighted by atomic mass is 32.2. The average Bonchev–Trinajstić information content (AvgIpc) is 3.78. The Balaban J connectivity index is 0.914. The number of nitrogens with one attached hydrogen (secondary N) is 5. The highest BCUT2D eigenvalue weighted by molar-refractivity contribution is 8.00. The number of ether oxygens (including phenoxy) is 2. The van der Waals surface area contributed by atoms with E-state index in [9.17, 15) is 28.8 Å². The number of urea groups is 1. The van der Waals surface area contributed by atoms with E-state index in [4.69, 9.17) is 14.6 Å². The van der Waals surface area contributed by atoms with Gasteiger partial charge in [0.15, 0.2) is 0 Å². The molecule has 296 valence electrons. The van der Waals surface area contributed by atoms with Crippen molar-refractivity contribution < 1.29 is 43.3 Å². The molecule has 16 heteroatoms. The van der Waals surface area contributed by atoms with Crippen molar-refractivity contribution in [2.45, 2.75) is 88.5 Å². The predicted octanol–water partition coefficient (Wildman–Crippen LogP) is 1.69. The molecule has 3 aliphatic heterocycles. The lowest BCUT2D eigenvalue weighted by molar-refractivity contribution is -0.141. The van der Waals surface area contributed by atoms with E-state index in [1.54, 1.807) is 0 Å². The van der Waals surface area contributed by atoms with Crippen LogP contribution in [-0.2, 0) is 28.7 Å². The number of aliphatic hydroxyl groups excluding tert-OH is 1. The number of unbranched alkanes of at least 4 members (excludes halogenated alkanes) is 2. The predicted molar refractivity (Wildman–Crippen MR) is 197 cm³/mol. The fourth-order valence-corrected chi connectivity index (χ4v) is 9.89. The van der Waals surface area contributed by atoms with Gasteiger partial charge in [0.05, 0.1) is 43.7 Å². The van der Waals surface area contributed by atoms with Crippen molar-refractivity contribution in [3.8, 4) is 0 Å². The van der Waals surface area contributed by atoms with Gasteiger partial charge in [-0.25, -0.2) is 9.59 Å². The van der Waals surface area contributed by atoms with Crippen molar-refractivity contribution in [3.05, 3.63) is 12.2 Å². The molecule has 0 aromatic rings. The molecule has 4 unspecified atom stereocenters. The molecule has 5 rings (SSSR count). The van der Waals surface area contributed by atoms with Crippen LogP contribution in [0.3, 0.4) is 0 Å². The Hall–Kier alpha value is -3.37. The molecule has 0 aromatic carbocycles. The lowest BCUT2D eigenvalue weighted by Gasteiger charge is -2.30. The number of rotatable bonds is 20. The molecule has 6 N–H and O–H groups in total. The summed E-state index contributed by atoms with van der Waals surface area (Å²) in [6.45, 7) is 3.95. The summed E-state index contributed by atoms with van der Waals surface area (Å²) < 4.78 is 10.5. The number of allylic oxidation sites excluding steroid dienone is 1. The summed E-state index contributed by atoms with van der Waals surface area (Å²) >= 11 is 1.89. The molecule has 1 saturated carbocycles. The molecule has 0 radical (unpaired) electrons. The molecule has 7 atom stereocenters. The number of imide groups is 1. The molecule has 0 spiro atoms. The van der Waals surface area contributed by atoms with Crippen LogP contribution in [0.15, 0.2) is 12.2 Å². The second-order valence-electron chi connectivity index (χ2n) is 15.0. The number of amides is 7. The Bertz CT molecular complexity index is 1330. The highest BCUT2D eigenvalue weighted by Gasteiger charge is 2.54. The van der Waals surface area contributed by atoms with E-state index in [2.05, 4.69) is 26.6 Å². The van der Waals surface area contributed by atoms with Gasteiger partial charge in [0, 0.05) is 55.4 Å². The van der Waals surface area contributed by atoms with Gasteiger partial charge in [-0.3, -0.25) is 24.1 Å². The number of hydrogen-bond donors (Lipinski definition) is 6. The quantitative estimate of drug-likeness (QED) is 0.0459. The minimum atomic E-state index is -0.629. The zero-order valence-electron chi connectivity index (χ0n) is 30.9. The first-order valence-corrected chi connectivity index (χ1v) is 20.6. The Labute approximate surface area is 316 Å². The van der Waals surface area contributed by atoms with E-state index >= 15 is 0 Å². The van der Waals surface area contributed by atoms with E-state index in [1.807, 2.05) is 30.8 Å². The third-order valence-corrected chi connectivity index (χ3v) is 12.8. The van der Waals surface area contributed by atoms with E-state index in [-0.39, 0.29) is 92.5 Å². The number of carbonyl (C=O) groups excluding carboxylic acids is 6. The lowest BCUT2D eigenvalue weighted by Crippen LogP contribution is -2.39. The van der Waals surface area contributed by atoms with Gasteiger partial charge in [0.25, 0.3) is 0 Å². The standard InChI is InChI=1S/C37H58N6O9S/c1-23-8-11-26(21-52-37(50)40-16-18-51-19-17-44)31-30(23)34(47)43(35(31)48)20-24-9-12-25(13-10-24)33(46)39-15-5-4-14-38-29(45)7-3-2-6-28-32-27(22-53-28)41-36(49)42-32/h8,11,23-28,30-32,44H,2-7,9-10,12-22H2,1H3,(H,38,45)(H,39,46)(H,40,50)(H2,41,42,49)/t23?,24?,25?,26?,27-,28-,30?,31?,32-/m0/s1. The molecule has 3 heterocycles. The van der Waals surface area contributed by atoms with Gasteiger partial charge in [0.1, 0.15) is 6.61 Å². The largest absolute Gasteiger partial charge is 0.449 e. The van der Waals surface area contributed by atoms with Crippen LogP contribution in [0.4, 0.5) is 9.59 Å². The molecule has 53 heavy (non-hydrogen) atoms. The topological polar surface area (TPSA) is 204 Å². The number of carbonyl (C=O) groups is 6. The Morgan fingerprint density at radius 3 is 2.43 bits per heavy atom. The summed E-state index contributed by atoms with van der Waals surface area (Å²) in [6.07, 6.45) is 10.9. The second kappa shape index (κ2) is 20.3. The van der Waals surface area contributed by atoms with Gasteiger partial charge in [-0.2, -0.15) is 11.8 Å². The second-order valence-corrected chi connectivity index (χ2v) is 16.3. The highest BCUT2D eigenvalue weighted by Crippen LogP contribution is 2.43. The van der Waals surface area contributed by atoms with Crippen LogP contribution < -0.4 is 26.6 Å².